The molecule has 0 bridgehead atoms. The first-order valence-electron chi connectivity index (χ1n) is 8.77. The third kappa shape index (κ3) is 4.90. The Balaban J connectivity index is 1.99. The van der Waals surface area contributed by atoms with Crippen LogP contribution in [0.4, 0.5) is 23.2 Å². The van der Waals surface area contributed by atoms with Crippen molar-refractivity contribution < 1.29 is 30.7 Å². The lowest BCUT2D eigenvalue weighted by Gasteiger charge is -2.11. The minimum absolute atomic E-state index is 0.0248. The Morgan fingerprint density at radius 3 is 2.48 bits per heavy atom. The molecule has 0 aliphatic heterocycles. The van der Waals surface area contributed by atoms with Crippen LogP contribution in [0.2, 0.25) is 0 Å². The van der Waals surface area contributed by atoms with Crippen molar-refractivity contribution in [2.24, 2.45) is 7.05 Å². The van der Waals surface area contributed by atoms with Crippen LogP contribution < -0.4 is 15.0 Å². The van der Waals surface area contributed by atoms with E-state index in [1.54, 1.807) is 0 Å². The maximum Gasteiger partial charge on any atom is 0.387 e. The molecular formula is C19H17F4N3O4S. The number of hydrogen-bond acceptors (Lipinski definition) is 4. The van der Waals surface area contributed by atoms with Gasteiger partial charge in [-0.25, -0.2) is 21.9 Å². The highest BCUT2D eigenvalue weighted by Gasteiger charge is 2.22. The van der Waals surface area contributed by atoms with Gasteiger partial charge in [-0.3, -0.25) is 14.2 Å². The van der Waals surface area contributed by atoms with Crippen LogP contribution in [-0.2, 0) is 22.8 Å². The van der Waals surface area contributed by atoms with Gasteiger partial charge in [0.15, 0.2) is 11.6 Å². The number of anilines is 1. The predicted octanol–water partition coefficient (Wildman–Crippen LogP) is 3.31. The second-order valence-electron chi connectivity index (χ2n) is 6.59. The number of hydrogen-bond donors (Lipinski definition) is 1. The number of nitrogens with one attached hydrogen (secondary N) is 1. The monoisotopic (exact) mass is 459 g/mol. The molecule has 12 heteroatoms. The summed E-state index contributed by atoms with van der Waals surface area (Å²) in [6, 6.07) is 7.88. The van der Waals surface area contributed by atoms with Gasteiger partial charge < -0.3 is 4.74 Å². The average Bonchev–Trinajstić information content (AvgIpc) is 2.86. The largest absolute Gasteiger partial charge is 0.432 e. The lowest BCUT2D eigenvalue weighted by Crippen LogP contribution is -2.24. The van der Waals surface area contributed by atoms with E-state index in [2.05, 4.69) is 9.46 Å². The third-order valence-corrected chi connectivity index (χ3v) is 5.66. The minimum atomic E-state index is -4.09. The molecule has 0 saturated carbocycles. The smallest absolute Gasteiger partial charge is 0.387 e. The molecule has 0 amide bonds. The van der Waals surface area contributed by atoms with E-state index < -0.39 is 45.3 Å². The number of nitrogens with zero attached hydrogens (tertiary/aromatic N) is 2. The number of benzene rings is 2. The average molecular weight is 459 g/mol. The summed E-state index contributed by atoms with van der Waals surface area (Å²) in [7, 11) is -2.66. The minimum Gasteiger partial charge on any atom is -0.432 e. The first-order chi connectivity index (χ1) is 14.5. The predicted molar refractivity (Wildman–Crippen MR) is 105 cm³/mol. The van der Waals surface area contributed by atoms with Crippen LogP contribution in [0.15, 0.2) is 47.3 Å². The maximum absolute atomic E-state index is 13.7. The van der Waals surface area contributed by atoms with Gasteiger partial charge in [-0.2, -0.15) is 8.78 Å². The highest BCUT2D eigenvalue weighted by atomic mass is 32.2. The molecule has 0 fully saturated rings. The summed E-state index contributed by atoms with van der Waals surface area (Å²) in [5, 5.41) is 0. The number of aromatic nitrogens is 2. The Bertz CT molecular complexity index is 1290. The fourth-order valence-electron chi connectivity index (χ4n) is 2.96. The third-order valence-electron chi connectivity index (χ3n) is 4.43. The highest BCUT2D eigenvalue weighted by Crippen LogP contribution is 2.24. The summed E-state index contributed by atoms with van der Waals surface area (Å²) in [6.07, 6.45) is 0. The van der Waals surface area contributed by atoms with Crippen molar-refractivity contribution in [3.05, 3.63) is 75.7 Å². The van der Waals surface area contributed by atoms with Gasteiger partial charge in [0, 0.05) is 13.1 Å². The first kappa shape index (κ1) is 22.4. The zero-order chi connectivity index (χ0) is 22.9. The van der Waals surface area contributed by atoms with Crippen LogP contribution in [0.5, 0.6) is 5.75 Å². The Kier molecular flexibility index (Phi) is 6.11. The molecule has 0 atom stereocenters. The fraction of sp³-hybridized carbons (Fsp3) is 0.211. The zero-order valence-corrected chi connectivity index (χ0v) is 17.1. The van der Waals surface area contributed by atoms with Crippen LogP contribution in [0.25, 0.3) is 5.69 Å². The summed E-state index contributed by atoms with van der Waals surface area (Å²) >= 11 is 0. The zero-order valence-electron chi connectivity index (χ0n) is 16.3. The van der Waals surface area contributed by atoms with Gasteiger partial charge in [0.25, 0.3) is 5.56 Å². The van der Waals surface area contributed by atoms with Crippen LogP contribution in [0.1, 0.15) is 11.3 Å². The second-order valence-corrected chi connectivity index (χ2v) is 8.31. The lowest BCUT2D eigenvalue weighted by atomic mass is 10.2. The Morgan fingerprint density at radius 2 is 1.84 bits per heavy atom. The van der Waals surface area contributed by atoms with Gasteiger partial charge in [0.1, 0.15) is 11.5 Å². The van der Waals surface area contributed by atoms with E-state index in [4.69, 9.17) is 0 Å². The normalized spacial score (nSPS) is 11.7. The Hall–Kier alpha value is -3.28. The number of alkyl halides is 2. The molecule has 0 radical (unpaired) electrons. The summed E-state index contributed by atoms with van der Waals surface area (Å²) in [4.78, 5) is 12.9. The van der Waals surface area contributed by atoms with Crippen molar-refractivity contribution in [1.82, 2.24) is 9.36 Å². The molecule has 0 spiro atoms. The van der Waals surface area contributed by atoms with E-state index in [0.29, 0.717) is 0 Å². The van der Waals surface area contributed by atoms with Crippen molar-refractivity contribution in [2.75, 3.05) is 4.72 Å². The molecule has 1 heterocycles. The standard InChI is InChI=1S/C19H17F4N3O4S/c1-11-17(24-31(28,29)10-12-4-3-5-13(20)8-12)18(27)26(25(11)2)14-6-7-15(21)16(9-14)30-19(22)23/h3-9,19,24H,10H2,1-2H3. The molecule has 7 nitrogen and oxygen atoms in total. The molecule has 3 aromatic rings. The quantitative estimate of drug-likeness (QED) is 0.550. The molecule has 166 valence electrons. The number of rotatable bonds is 7. The van der Waals surface area contributed by atoms with Crippen molar-refractivity contribution in [2.45, 2.75) is 19.3 Å². The summed E-state index contributed by atoms with van der Waals surface area (Å²) in [5.41, 5.74) is -0.762. The second kappa shape index (κ2) is 8.46. The van der Waals surface area contributed by atoms with E-state index in [-0.39, 0.29) is 22.6 Å². The van der Waals surface area contributed by atoms with Crippen molar-refractivity contribution in [1.29, 1.82) is 0 Å². The Labute approximate surface area is 174 Å². The van der Waals surface area contributed by atoms with Crippen molar-refractivity contribution in [3.8, 4) is 11.4 Å². The molecule has 0 aliphatic carbocycles. The molecule has 0 aliphatic rings. The molecule has 0 saturated heterocycles. The van der Waals surface area contributed by atoms with Crippen molar-refractivity contribution >= 4 is 15.7 Å². The van der Waals surface area contributed by atoms with Crippen LogP contribution in [-0.4, -0.2) is 24.4 Å². The molecule has 1 N–H and O–H groups in total. The number of sulfonamides is 1. The molecule has 31 heavy (non-hydrogen) atoms. The topological polar surface area (TPSA) is 82.3 Å². The first-order valence-corrected chi connectivity index (χ1v) is 10.4. The van der Waals surface area contributed by atoms with E-state index >= 15 is 0 Å². The van der Waals surface area contributed by atoms with Crippen LogP contribution >= 0.6 is 0 Å². The molecule has 2 aromatic carbocycles. The lowest BCUT2D eigenvalue weighted by molar-refractivity contribution is -0.0521. The van der Waals surface area contributed by atoms with Gasteiger partial charge in [0.2, 0.25) is 10.0 Å². The van der Waals surface area contributed by atoms with Gasteiger partial charge in [0.05, 0.1) is 17.1 Å². The number of halogens is 4. The van der Waals surface area contributed by atoms with Gasteiger partial charge in [-0.1, -0.05) is 12.1 Å². The van der Waals surface area contributed by atoms with E-state index in [1.165, 1.54) is 30.8 Å². The van der Waals surface area contributed by atoms with Gasteiger partial charge in [-0.05, 0) is 36.8 Å². The molecule has 0 unspecified atom stereocenters. The number of ether oxygens (including phenoxy) is 1. The van der Waals surface area contributed by atoms with Crippen LogP contribution in [0, 0.1) is 18.6 Å². The van der Waals surface area contributed by atoms with E-state index in [0.717, 1.165) is 35.0 Å². The fourth-order valence-corrected chi connectivity index (χ4v) is 4.20. The summed E-state index contributed by atoms with van der Waals surface area (Å²) in [5.74, 6) is -3.02. The molecule has 1 aromatic heterocycles. The summed E-state index contributed by atoms with van der Waals surface area (Å²) in [6.45, 7) is -1.82. The van der Waals surface area contributed by atoms with E-state index in [1.807, 2.05) is 0 Å². The van der Waals surface area contributed by atoms with Gasteiger partial charge >= 0.3 is 6.61 Å². The SMILES string of the molecule is Cc1c(NS(=O)(=O)Cc2cccc(F)c2)c(=O)n(-c2ccc(F)c(OC(F)F)c2)n1C. The van der Waals surface area contributed by atoms with Gasteiger partial charge in [-0.15, -0.1) is 0 Å². The van der Waals surface area contributed by atoms with E-state index in [9.17, 15) is 30.8 Å². The molecule has 3 rings (SSSR count). The Morgan fingerprint density at radius 1 is 1.13 bits per heavy atom. The maximum atomic E-state index is 13.7. The van der Waals surface area contributed by atoms with Crippen molar-refractivity contribution in [3.63, 3.8) is 0 Å². The highest BCUT2D eigenvalue weighted by molar-refractivity contribution is 7.91. The van der Waals surface area contributed by atoms with Crippen LogP contribution in [0.3, 0.4) is 0 Å². The molecular weight excluding hydrogens is 442 g/mol. The summed E-state index contributed by atoms with van der Waals surface area (Å²) < 4.78 is 85.6.